The molecule has 6 nitrogen and oxygen atoms in total. The molecular formula is C18H17Cl2FN2O4S. The lowest BCUT2D eigenvalue weighted by molar-refractivity contribution is -0.134. The van der Waals surface area contributed by atoms with Crippen LogP contribution < -0.4 is 4.74 Å². The molecule has 3 rings (SSSR count). The minimum absolute atomic E-state index is 0.0748. The van der Waals surface area contributed by atoms with Crippen molar-refractivity contribution in [1.29, 1.82) is 0 Å². The first-order valence-electron chi connectivity index (χ1n) is 8.39. The van der Waals surface area contributed by atoms with Gasteiger partial charge in [0.05, 0.1) is 0 Å². The highest BCUT2D eigenvalue weighted by molar-refractivity contribution is 7.89. The summed E-state index contributed by atoms with van der Waals surface area (Å²) in [5.74, 6) is -0.722. The Morgan fingerprint density at radius 2 is 1.64 bits per heavy atom. The van der Waals surface area contributed by atoms with E-state index in [2.05, 4.69) is 0 Å². The third-order valence-electron chi connectivity index (χ3n) is 4.24. The molecule has 1 heterocycles. The van der Waals surface area contributed by atoms with E-state index in [0.717, 1.165) is 6.07 Å². The number of benzene rings is 2. The molecule has 1 saturated heterocycles. The van der Waals surface area contributed by atoms with Gasteiger partial charge in [0.25, 0.3) is 5.91 Å². The number of halogens is 3. The van der Waals surface area contributed by atoms with Gasteiger partial charge in [0.15, 0.2) is 6.61 Å². The van der Waals surface area contributed by atoms with Gasteiger partial charge in [-0.25, -0.2) is 12.8 Å². The summed E-state index contributed by atoms with van der Waals surface area (Å²) in [5, 5.41) is 0.781. The summed E-state index contributed by atoms with van der Waals surface area (Å²) in [7, 11) is -3.95. The van der Waals surface area contributed by atoms with Crippen LogP contribution in [-0.4, -0.2) is 56.3 Å². The van der Waals surface area contributed by atoms with E-state index < -0.39 is 15.8 Å². The fraction of sp³-hybridized carbons (Fsp3) is 0.278. The van der Waals surface area contributed by atoms with E-state index in [1.807, 2.05) is 0 Å². The van der Waals surface area contributed by atoms with Crippen LogP contribution in [0.25, 0.3) is 0 Å². The number of hydrogen-bond donors (Lipinski definition) is 0. The molecule has 0 aliphatic carbocycles. The molecule has 10 heteroatoms. The van der Waals surface area contributed by atoms with E-state index in [-0.39, 0.29) is 43.6 Å². The Kier molecular flexibility index (Phi) is 6.44. The van der Waals surface area contributed by atoms with Crippen LogP contribution in [0.5, 0.6) is 5.75 Å². The molecule has 0 atom stereocenters. The van der Waals surface area contributed by atoms with Gasteiger partial charge in [-0.15, -0.1) is 0 Å². The third kappa shape index (κ3) is 4.75. The molecular weight excluding hydrogens is 430 g/mol. The molecule has 0 spiro atoms. The van der Waals surface area contributed by atoms with E-state index in [4.69, 9.17) is 27.9 Å². The van der Waals surface area contributed by atoms with Crippen LogP contribution in [0, 0.1) is 5.82 Å². The third-order valence-corrected chi connectivity index (χ3v) is 6.61. The summed E-state index contributed by atoms with van der Waals surface area (Å²) >= 11 is 11.8. The van der Waals surface area contributed by atoms with Crippen molar-refractivity contribution in [3.8, 4) is 5.75 Å². The lowest BCUT2D eigenvalue weighted by Gasteiger charge is -2.34. The van der Waals surface area contributed by atoms with Crippen molar-refractivity contribution >= 4 is 39.1 Å². The highest BCUT2D eigenvalue weighted by atomic mass is 35.5. The van der Waals surface area contributed by atoms with Crippen molar-refractivity contribution in [2.75, 3.05) is 32.8 Å². The molecule has 1 amide bonds. The molecule has 2 aromatic rings. The van der Waals surface area contributed by atoms with Gasteiger partial charge in [0.2, 0.25) is 10.0 Å². The van der Waals surface area contributed by atoms with Gasteiger partial charge in [-0.05, 0) is 30.3 Å². The quantitative estimate of drug-likeness (QED) is 0.707. The maximum absolute atomic E-state index is 13.9. The first kappa shape index (κ1) is 20.9. The average molecular weight is 447 g/mol. The second-order valence-corrected chi connectivity index (χ2v) is 8.89. The van der Waals surface area contributed by atoms with E-state index in [9.17, 15) is 17.6 Å². The Balaban J connectivity index is 1.57. The topological polar surface area (TPSA) is 66.9 Å². The van der Waals surface area contributed by atoms with Crippen LogP contribution >= 0.6 is 23.2 Å². The fourth-order valence-corrected chi connectivity index (χ4v) is 4.81. The van der Waals surface area contributed by atoms with E-state index >= 15 is 0 Å². The van der Waals surface area contributed by atoms with Gasteiger partial charge in [-0.3, -0.25) is 4.79 Å². The molecule has 0 unspecified atom stereocenters. The zero-order chi connectivity index (χ0) is 20.3. The maximum atomic E-state index is 13.9. The zero-order valence-electron chi connectivity index (χ0n) is 14.6. The van der Waals surface area contributed by atoms with Crippen molar-refractivity contribution in [1.82, 2.24) is 9.21 Å². The Bertz CT molecular complexity index is 959. The molecule has 1 fully saturated rings. The minimum Gasteiger partial charge on any atom is -0.484 e. The molecule has 0 bridgehead atoms. The number of rotatable bonds is 5. The van der Waals surface area contributed by atoms with Crippen molar-refractivity contribution in [2.24, 2.45) is 0 Å². The monoisotopic (exact) mass is 446 g/mol. The van der Waals surface area contributed by atoms with Crippen LogP contribution in [0.4, 0.5) is 4.39 Å². The highest BCUT2D eigenvalue weighted by Gasteiger charge is 2.31. The van der Waals surface area contributed by atoms with Gasteiger partial charge < -0.3 is 9.64 Å². The van der Waals surface area contributed by atoms with Crippen molar-refractivity contribution in [3.63, 3.8) is 0 Å². The van der Waals surface area contributed by atoms with Crippen LogP contribution in [0.3, 0.4) is 0 Å². The van der Waals surface area contributed by atoms with Gasteiger partial charge >= 0.3 is 0 Å². The smallest absolute Gasteiger partial charge is 0.260 e. The molecule has 28 heavy (non-hydrogen) atoms. The van der Waals surface area contributed by atoms with Crippen LogP contribution in [0.2, 0.25) is 10.0 Å². The predicted molar refractivity (Wildman–Crippen MR) is 104 cm³/mol. The SMILES string of the molecule is O=C(COc1cc(Cl)cc(Cl)c1)N1CCN(S(=O)(=O)c2ccccc2F)CC1. The summed E-state index contributed by atoms with van der Waals surface area (Å²) in [4.78, 5) is 13.5. The molecule has 1 aliphatic heterocycles. The van der Waals surface area contributed by atoms with Crippen LogP contribution in [0.15, 0.2) is 47.4 Å². The predicted octanol–water partition coefficient (Wildman–Crippen LogP) is 3.04. The van der Waals surface area contributed by atoms with Crippen molar-refractivity contribution in [2.45, 2.75) is 4.90 Å². The van der Waals surface area contributed by atoms with E-state index in [1.54, 1.807) is 18.2 Å². The van der Waals surface area contributed by atoms with Crippen molar-refractivity contribution in [3.05, 3.63) is 58.3 Å². The summed E-state index contributed by atoms with van der Waals surface area (Å²) in [6.07, 6.45) is 0. The molecule has 2 aromatic carbocycles. The van der Waals surface area contributed by atoms with Gasteiger partial charge in [-0.2, -0.15) is 4.31 Å². The number of piperazine rings is 1. The number of amides is 1. The van der Waals surface area contributed by atoms with Crippen LogP contribution in [-0.2, 0) is 14.8 Å². The normalized spacial score (nSPS) is 15.5. The van der Waals surface area contributed by atoms with Crippen molar-refractivity contribution < 1.29 is 22.3 Å². The molecule has 150 valence electrons. The molecule has 0 radical (unpaired) electrons. The summed E-state index contributed by atoms with van der Waals surface area (Å²) in [6, 6.07) is 9.86. The molecule has 1 aliphatic rings. The Morgan fingerprint density at radius 3 is 2.25 bits per heavy atom. The Labute approximate surface area is 172 Å². The maximum Gasteiger partial charge on any atom is 0.260 e. The Hall–Kier alpha value is -1.87. The van der Waals surface area contributed by atoms with Gasteiger partial charge in [-0.1, -0.05) is 35.3 Å². The van der Waals surface area contributed by atoms with Crippen LogP contribution in [0.1, 0.15) is 0 Å². The average Bonchev–Trinajstić information content (AvgIpc) is 2.65. The number of ether oxygens (including phenoxy) is 1. The molecule has 0 aromatic heterocycles. The largest absolute Gasteiger partial charge is 0.484 e. The summed E-state index contributed by atoms with van der Waals surface area (Å²) < 4.78 is 45.6. The number of carbonyl (C=O) groups excluding carboxylic acids is 1. The standard InChI is InChI=1S/C18H17Cl2FN2O4S/c19-13-9-14(20)11-15(10-13)27-12-18(24)22-5-7-23(8-6-22)28(25,26)17-4-2-1-3-16(17)21/h1-4,9-11H,5-8,12H2. The van der Waals surface area contributed by atoms with E-state index in [0.29, 0.717) is 15.8 Å². The number of hydrogen-bond acceptors (Lipinski definition) is 4. The first-order chi connectivity index (χ1) is 13.3. The summed E-state index contributed by atoms with van der Waals surface area (Å²) in [6.45, 7) is 0.298. The van der Waals surface area contributed by atoms with E-state index in [1.165, 1.54) is 27.4 Å². The fourth-order valence-electron chi connectivity index (χ4n) is 2.82. The zero-order valence-corrected chi connectivity index (χ0v) is 17.0. The second kappa shape index (κ2) is 8.65. The Morgan fingerprint density at radius 1 is 1.04 bits per heavy atom. The minimum atomic E-state index is -3.95. The summed E-state index contributed by atoms with van der Waals surface area (Å²) in [5.41, 5.74) is 0. The second-order valence-electron chi connectivity index (χ2n) is 6.11. The first-order valence-corrected chi connectivity index (χ1v) is 10.6. The highest BCUT2D eigenvalue weighted by Crippen LogP contribution is 2.24. The number of sulfonamides is 1. The lowest BCUT2D eigenvalue weighted by Crippen LogP contribution is -2.51. The molecule has 0 N–H and O–H groups in total. The lowest BCUT2D eigenvalue weighted by atomic mass is 10.3. The van der Waals surface area contributed by atoms with Gasteiger partial charge in [0, 0.05) is 36.2 Å². The molecule has 0 saturated carbocycles. The number of carbonyl (C=O) groups is 1. The van der Waals surface area contributed by atoms with Gasteiger partial charge in [0.1, 0.15) is 16.5 Å². The number of nitrogens with zero attached hydrogens (tertiary/aromatic N) is 2.